The van der Waals surface area contributed by atoms with Gasteiger partial charge in [-0.05, 0) is 74.1 Å². The number of nitrogen functional groups attached to an aromatic ring is 2. The van der Waals surface area contributed by atoms with Gasteiger partial charge in [0.2, 0.25) is 0 Å². The summed E-state index contributed by atoms with van der Waals surface area (Å²) in [5, 5.41) is 0. The minimum Gasteiger partial charge on any atom is -0.459 e. The quantitative estimate of drug-likeness (QED) is 0.195. The summed E-state index contributed by atoms with van der Waals surface area (Å²) in [6.45, 7) is 3.04. The third-order valence-corrected chi connectivity index (χ3v) is 6.09. The van der Waals surface area contributed by atoms with Gasteiger partial charge in [-0.1, -0.05) is 31.9 Å². The van der Waals surface area contributed by atoms with Crippen molar-refractivity contribution in [3.05, 3.63) is 65.2 Å². The predicted octanol–water partition coefficient (Wildman–Crippen LogP) is 5.28. The second-order valence-electron chi connectivity index (χ2n) is 8.90. The minimum absolute atomic E-state index is 0.0394. The van der Waals surface area contributed by atoms with Crippen LogP contribution in [0.5, 0.6) is 0 Å². The molecule has 0 heterocycles. The van der Waals surface area contributed by atoms with Crippen LogP contribution in [0.25, 0.3) is 6.08 Å². The molecule has 0 unspecified atom stereocenters. The first-order chi connectivity index (χ1) is 16.9. The van der Waals surface area contributed by atoms with Gasteiger partial charge in [0.25, 0.3) is 0 Å². The van der Waals surface area contributed by atoms with Crippen molar-refractivity contribution in [3.8, 4) is 0 Å². The number of nitrogens with two attached hydrogens (primary N) is 2. The Morgan fingerprint density at radius 2 is 1.69 bits per heavy atom. The summed E-state index contributed by atoms with van der Waals surface area (Å²) < 4.78 is 16.9. The zero-order valence-electron chi connectivity index (χ0n) is 20.4. The number of hydrogen-bond acceptors (Lipinski definition) is 7. The first-order valence-electron chi connectivity index (χ1n) is 12.4. The summed E-state index contributed by atoms with van der Waals surface area (Å²) in [5.74, 6) is -0.827. The highest BCUT2D eigenvalue weighted by Gasteiger charge is 2.24. The smallest absolute Gasteiger partial charge is 0.338 e. The highest BCUT2D eigenvalue weighted by molar-refractivity contribution is 5.90. The van der Waals surface area contributed by atoms with Gasteiger partial charge < -0.3 is 25.7 Å². The lowest BCUT2D eigenvalue weighted by molar-refractivity contribution is -0.138. The Morgan fingerprint density at radius 3 is 2.40 bits per heavy atom. The molecule has 0 spiro atoms. The van der Waals surface area contributed by atoms with E-state index in [9.17, 15) is 9.59 Å². The molecule has 1 saturated carbocycles. The maximum Gasteiger partial charge on any atom is 0.338 e. The molecule has 0 amide bonds. The van der Waals surface area contributed by atoms with Gasteiger partial charge in [0, 0.05) is 29.6 Å². The summed E-state index contributed by atoms with van der Waals surface area (Å²) in [6, 6.07) is 12.0. The molecule has 35 heavy (non-hydrogen) atoms. The molecule has 1 fully saturated rings. The van der Waals surface area contributed by atoms with Crippen LogP contribution < -0.4 is 11.5 Å². The fourth-order valence-electron chi connectivity index (χ4n) is 3.98. The fraction of sp³-hybridized carbons (Fsp3) is 0.429. The molecule has 0 atom stereocenters. The summed E-state index contributed by atoms with van der Waals surface area (Å²) in [5.41, 5.74) is 14.6. The standard InChI is InChI=1S/C28H36N2O5/c1-2-3-4-17-33-24-11-13-25(14-12-24)35-28(32)21-8-5-20(6-9-21)7-16-27(31)34-19-22-18-23(29)10-15-26(22)30/h5-10,15-16,18,24-25H,2-4,11-14,17,19,29-30H2,1H3. The molecule has 2 aromatic rings. The van der Waals surface area contributed by atoms with Gasteiger partial charge in [-0.2, -0.15) is 0 Å². The molecule has 0 aromatic heterocycles. The van der Waals surface area contributed by atoms with Crippen LogP contribution in [0, 0.1) is 0 Å². The van der Waals surface area contributed by atoms with Crippen molar-refractivity contribution in [3.63, 3.8) is 0 Å². The van der Waals surface area contributed by atoms with E-state index in [1.54, 1.807) is 48.5 Å². The second kappa shape index (κ2) is 13.5. The lowest BCUT2D eigenvalue weighted by Gasteiger charge is -2.28. The van der Waals surface area contributed by atoms with E-state index in [1.165, 1.54) is 18.9 Å². The minimum atomic E-state index is -0.500. The molecule has 7 heteroatoms. The maximum atomic E-state index is 12.5. The number of ether oxygens (including phenoxy) is 3. The van der Waals surface area contributed by atoms with E-state index in [2.05, 4.69) is 6.92 Å². The normalized spacial score (nSPS) is 17.9. The number of carbonyl (C=O) groups is 2. The molecule has 0 radical (unpaired) electrons. The molecule has 1 aliphatic rings. The van der Waals surface area contributed by atoms with Crippen LogP contribution >= 0.6 is 0 Å². The summed E-state index contributed by atoms with van der Waals surface area (Å²) in [7, 11) is 0. The lowest BCUT2D eigenvalue weighted by atomic mass is 9.95. The summed E-state index contributed by atoms with van der Waals surface area (Å²) in [6.07, 6.45) is 10.2. The van der Waals surface area contributed by atoms with Crippen LogP contribution in [0.3, 0.4) is 0 Å². The van der Waals surface area contributed by atoms with Crippen molar-refractivity contribution in [2.24, 2.45) is 0 Å². The van der Waals surface area contributed by atoms with Crippen molar-refractivity contribution in [2.45, 2.75) is 70.7 Å². The Labute approximate surface area is 207 Å². The number of carbonyl (C=O) groups excluding carboxylic acids is 2. The molecule has 7 nitrogen and oxygen atoms in total. The van der Waals surface area contributed by atoms with Gasteiger partial charge in [0.1, 0.15) is 12.7 Å². The van der Waals surface area contributed by atoms with Gasteiger partial charge in [-0.25, -0.2) is 9.59 Å². The van der Waals surface area contributed by atoms with Crippen LogP contribution in [0.4, 0.5) is 11.4 Å². The van der Waals surface area contributed by atoms with Gasteiger partial charge >= 0.3 is 11.9 Å². The van der Waals surface area contributed by atoms with E-state index in [4.69, 9.17) is 25.7 Å². The van der Waals surface area contributed by atoms with E-state index in [1.807, 2.05) is 0 Å². The highest BCUT2D eigenvalue weighted by atomic mass is 16.5. The molecule has 3 rings (SSSR count). The predicted molar refractivity (Wildman–Crippen MR) is 137 cm³/mol. The third kappa shape index (κ3) is 8.76. The Kier molecular flexibility index (Phi) is 10.2. The Morgan fingerprint density at radius 1 is 0.971 bits per heavy atom. The monoisotopic (exact) mass is 480 g/mol. The zero-order valence-corrected chi connectivity index (χ0v) is 20.4. The molecule has 0 bridgehead atoms. The largest absolute Gasteiger partial charge is 0.459 e. The molecular weight excluding hydrogens is 444 g/mol. The number of anilines is 2. The van der Waals surface area contributed by atoms with Crippen LogP contribution in [0.2, 0.25) is 0 Å². The molecule has 0 saturated heterocycles. The maximum absolute atomic E-state index is 12.5. The third-order valence-electron chi connectivity index (χ3n) is 6.09. The first-order valence-corrected chi connectivity index (χ1v) is 12.4. The van der Waals surface area contributed by atoms with E-state index in [-0.39, 0.29) is 24.8 Å². The van der Waals surface area contributed by atoms with Gasteiger partial charge in [-0.3, -0.25) is 0 Å². The molecule has 1 aliphatic carbocycles. The van der Waals surface area contributed by atoms with E-state index in [0.717, 1.165) is 44.3 Å². The molecule has 4 N–H and O–H groups in total. The SMILES string of the molecule is CCCCCOC1CCC(OC(=O)c2ccc(C=CC(=O)OCc3cc(N)ccc3N)cc2)CC1. The number of esters is 2. The average molecular weight is 481 g/mol. The van der Waals surface area contributed by atoms with Crippen molar-refractivity contribution in [1.82, 2.24) is 0 Å². The second-order valence-corrected chi connectivity index (χ2v) is 8.90. The van der Waals surface area contributed by atoms with E-state index in [0.29, 0.717) is 22.5 Å². The zero-order chi connectivity index (χ0) is 25.0. The number of hydrogen-bond donors (Lipinski definition) is 2. The number of unbranched alkanes of at least 4 members (excludes halogenated alkanes) is 2. The van der Waals surface area contributed by atoms with Crippen LogP contribution in [0.1, 0.15) is 73.4 Å². The summed E-state index contributed by atoms with van der Waals surface area (Å²) in [4.78, 5) is 24.6. The molecule has 2 aromatic carbocycles. The van der Waals surface area contributed by atoms with Crippen molar-refractivity contribution >= 4 is 29.4 Å². The van der Waals surface area contributed by atoms with E-state index < -0.39 is 5.97 Å². The van der Waals surface area contributed by atoms with Gasteiger partial charge in [0.15, 0.2) is 0 Å². The fourth-order valence-corrected chi connectivity index (χ4v) is 3.98. The van der Waals surface area contributed by atoms with Crippen LogP contribution in [-0.4, -0.2) is 30.8 Å². The average Bonchev–Trinajstić information content (AvgIpc) is 2.87. The van der Waals surface area contributed by atoms with Gasteiger partial charge in [0.05, 0.1) is 11.7 Å². The van der Waals surface area contributed by atoms with Crippen molar-refractivity contribution < 1.29 is 23.8 Å². The molecular formula is C28H36N2O5. The molecule has 0 aliphatic heterocycles. The molecule has 188 valence electrons. The highest BCUT2D eigenvalue weighted by Crippen LogP contribution is 2.25. The van der Waals surface area contributed by atoms with Crippen molar-refractivity contribution in [2.75, 3.05) is 18.1 Å². The van der Waals surface area contributed by atoms with Crippen LogP contribution in [0.15, 0.2) is 48.5 Å². The van der Waals surface area contributed by atoms with Crippen LogP contribution in [-0.2, 0) is 25.6 Å². The first kappa shape index (κ1) is 26.3. The summed E-state index contributed by atoms with van der Waals surface area (Å²) >= 11 is 0. The topological polar surface area (TPSA) is 114 Å². The van der Waals surface area contributed by atoms with E-state index >= 15 is 0 Å². The number of rotatable bonds is 11. The van der Waals surface area contributed by atoms with Gasteiger partial charge in [-0.15, -0.1) is 0 Å². The lowest BCUT2D eigenvalue weighted by Crippen LogP contribution is -2.28. The van der Waals surface area contributed by atoms with Crippen molar-refractivity contribution in [1.29, 1.82) is 0 Å². The Bertz CT molecular complexity index is 995. The number of benzene rings is 2. The Balaban J connectivity index is 1.40. The Hall–Kier alpha value is -3.32.